The van der Waals surface area contributed by atoms with Crippen LogP contribution in [0.3, 0.4) is 0 Å². The van der Waals surface area contributed by atoms with Gasteiger partial charge in [-0.05, 0) is 32.9 Å². The molecule has 140 valence electrons. The molecule has 0 saturated carbocycles. The zero-order valence-corrected chi connectivity index (χ0v) is 16.4. The molecule has 0 unspecified atom stereocenters. The molecular formula is C18H24N4O3S. The summed E-state index contributed by atoms with van der Waals surface area (Å²) in [6, 6.07) is 0. The van der Waals surface area contributed by atoms with Gasteiger partial charge in [0.2, 0.25) is 0 Å². The van der Waals surface area contributed by atoms with Crippen LogP contribution in [0.25, 0.3) is 0 Å². The van der Waals surface area contributed by atoms with Gasteiger partial charge in [0, 0.05) is 30.1 Å². The highest BCUT2D eigenvalue weighted by Crippen LogP contribution is 2.29. The molecule has 0 aromatic carbocycles. The summed E-state index contributed by atoms with van der Waals surface area (Å²) in [6.45, 7) is 10.6. The molecule has 0 bridgehead atoms. The van der Waals surface area contributed by atoms with Gasteiger partial charge in [0.1, 0.15) is 5.69 Å². The monoisotopic (exact) mass is 376 g/mol. The van der Waals surface area contributed by atoms with Crippen LogP contribution < -0.4 is 5.32 Å². The van der Waals surface area contributed by atoms with E-state index in [4.69, 9.17) is 4.74 Å². The van der Waals surface area contributed by atoms with E-state index in [9.17, 15) is 9.59 Å². The highest BCUT2D eigenvalue weighted by atomic mass is 32.1. The van der Waals surface area contributed by atoms with Crippen molar-refractivity contribution in [3.63, 3.8) is 0 Å². The molecule has 2 aromatic heterocycles. The van der Waals surface area contributed by atoms with Crippen molar-refractivity contribution in [1.82, 2.24) is 14.9 Å². The number of aromatic nitrogens is 2. The Hall–Kier alpha value is -2.19. The maximum atomic E-state index is 12.7. The number of aryl methyl sites for hydroxylation is 1. The van der Waals surface area contributed by atoms with Crippen molar-refractivity contribution in [2.75, 3.05) is 25.0 Å². The van der Waals surface area contributed by atoms with Crippen molar-refractivity contribution >= 4 is 28.3 Å². The van der Waals surface area contributed by atoms with Crippen LogP contribution >= 0.6 is 11.3 Å². The van der Waals surface area contributed by atoms with Gasteiger partial charge in [-0.15, -0.1) is 11.3 Å². The zero-order valence-electron chi connectivity index (χ0n) is 15.6. The molecule has 1 aliphatic rings. The van der Waals surface area contributed by atoms with E-state index < -0.39 is 5.97 Å². The van der Waals surface area contributed by atoms with Gasteiger partial charge in [-0.1, -0.05) is 6.92 Å². The number of aromatic amines is 1. The minimum absolute atomic E-state index is 0.292. The van der Waals surface area contributed by atoms with E-state index in [0.717, 1.165) is 31.7 Å². The van der Waals surface area contributed by atoms with Gasteiger partial charge >= 0.3 is 5.97 Å². The van der Waals surface area contributed by atoms with Crippen LogP contribution in [0.5, 0.6) is 0 Å². The SMILES string of the molecule is CCOC(=O)c1c(C)[nH]c(C(=O)Nc2nc3c(s2)CN(CC)CC3)c1C. The standard InChI is InChI=1S/C18H24N4O3S/c1-5-22-8-7-12-13(9-22)26-18(20-12)21-16(23)15-10(3)14(11(4)19-15)17(24)25-6-2/h19H,5-9H2,1-4H3,(H,20,21,23). The Kier molecular flexibility index (Phi) is 5.43. The Labute approximate surface area is 156 Å². The summed E-state index contributed by atoms with van der Waals surface area (Å²) < 4.78 is 5.07. The Balaban J connectivity index is 1.78. The van der Waals surface area contributed by atoms with E-state index in [1.165, 1.54) is 16.2 Å². The summed E-state index contributed by atoms with van der Waals surface area (Å²) in [5.41, 5.74) is 3.09. The van der Waals surface area contributed by atoms with E-state index in [1.54, 1.807) is 20.8 Å². The lowest BCUT2D eigenvalue weighted by Gasteiger charge is -2.23. The molecule has 0 aliphatic carbocycles. The molecule has 0 saturated heterocycles. The maximum Gasteiger partial charge on any atom is 0.340 e. The van der Waals surface area contributed by atoms with Gasteiger partial charge in [0.05, 0.1) is 17.9 Å². The lowest BCUT2D eigenvalue weighted by atomic mass is 10.1. The maximum absolute atomic E-state index is 12.7. The van der Waals surface area contributed by atoms with Gasteiger partial charge < -0.3 is 9.72 Å². The molecule has 3 rings (SSSR count). The van der Waals surface area contributed by atoms with Gasteiger partial charge in [-0.2, -0.15) is 0 Å². The van der Waals surface area contributed by atoms with Crippen LogP contribution in [0.1, 0.15) is 56.5 Å². The minimum Gasteiger partial charge on any atom is -0.462 e. The lowest BCUT2D eigenvalue weighted by molar-refractivity contribution is 0.0525. The number of likely N-dealkylation sites (N-methyl/N-ethyl adjacent to an activating group) is 1. The second-order valence-corrected chi connectivity index (χ2v) is 7.39. The summed E-state index contributed by atoms with van der Waals surface area (Å²) in [5.74, 6) is -0.707. The molecule has 0 atom stereocenters. The third-order valence-electron chi connectivity index (χ3n) is 4.62. The average molecular weight is 376 g/mol. The van der Waals surface area contributed by atoms with E-state index in [0.29, 0.717) is 34.3 Å². The Morgan fingerprint density at radius 3 is 2.81 bits per heavy atom. The van der Waals surface area contributed by atoms with Crippen LogP contribution in [0.15, 0.2) is 0 Å². The number of thiazole rings is 1. The number of carbonyl (C=O) groups excluding carboxylic acids is 2. The predicted octanol–water partition coefficient (Wildman–Crippen LogP) is 2.90. The number of anilines is 1. The molecular weight excluding hydrogens is 352 g/mol. The third-order valence-corrected chi connectivity index (χ3v) is 5.62. The average Bonchev–Trinajstić information content (AvgIpc) is 3.13. The number of nitrogens with zero attached hydrogens (tertiary/aromatic N) is 2. The van der Waals surface area contributed by atoms with E-state index in [2.05, 4.69) is 27.1 Å². The number of esters is 1. The fraction of sp³-hybridized carbons (Fsp3) is 0.500. The van der Waals surface area contributed by atoms with Gasteiger partial charge in [-0.3, -0.25) is 15.0 Å². The Morgan fingerprint density at radius 2 is 2.12 bits per heavy atom. The molecule has 0 fully saturated rings. The van der Waals surface area contributed by atoms with Crippen molar-refractivity contribution in [2.24, 2.45) is 0 Å². The number of H-pyrrole nitrogens is 1. The molecule has 2 aromatic rings. The van der Waals surface area contributed by atoms with E-state index in [1.807, 2.05) is 0 Å². The normalized spacial score (nSPS) is 14.2. The van der Waals surface area contributed by atoms with Gasteiger partial charge in [0.25, 0.3) is 5.91 Å². The van der Waals surface area contributed by atoms with Gasteiger partial charge in [-0.25, -0.2) is 9.78 Å². The first-order chi connectivity index (χ1) is 12.4. The smallest absolute Gasteiger partial charge is 0.340 e. The molecule has 1 amide bonds. The zero-order chi connectivity index (χ0) is 18.8. The summed E-state index contributed by atoms with van der Waals surface area (Å²) in [7, 11) is 0. The molecule has 8 heteroatoms. The predicted molar refractivity (Wildman–Crippen MR) is 101 cm³/mol. The van der Waals surface area contributed by atoms with E-state index in [-0.39, 0.29) is 5.91 Å². The topological polar surface area (TPSA) is 87.3 Å². The number of hydrogen-bond acceptors (Lipinski definition) is 6. The highest BCUT2D eigenvalue weighted by Gasteiger charge is 2.25. The molecule has 26 heavy (non-hydrogen) atoms. The Bertz CT molecular complexity index is 840. The van der Waals surface area contributed by atoms with Crippen molar-refractivity contribution < 1.29 is 14.3 Å². The third kappa shape index (κ3) is 3.52. The number of fused-ring (bicyclic) bond motifs is 1. The largest absolute Gasteiger partial charge is 0.462 e. The molecule has 0 spiro atoms. The van der Waals surface area contributed by atoms with Gasteiger partial charge in [0.15, 0.2) is 5.13 Å². The quantitative estimate of drug-likeness (QED) is 0.784. The van der Waals surface area contributed by atoms with Crippen molar-refractivity contribution in [3.05, 3.63) is 33.1 Å². The Morgan fingerprint density at radius 1 is 1.35 bits per heavy atom. The summed E-state index contributed by atoms with van der Waals surface area (Å²) in [4.78, 5) is 35.9. The second-order valence-electron chi connectivity index (χ2n) is 6.31. The molecule has 3 heterocycles. The molecule has 7 nitrogen and oxygen atoms in total. The number of amides is 1. The van der Waals surface area contributed by atoms with E-state index >= 15 is 0 Å². The lowest BCUT2D eigenvalue weighted by Crippen LogP contribution is -2.29. The van der Waals surface area contributed by atoms with Crippen LogP contribution in [0, 0.1) is 13.8 Å². The summed E-state index contributed by atoms with van der Waals surface area (Å²) in [6.07, 6.45) is 0.906. The van der Waals surface area contributed by atoms with Crippen molar-refractivity contribution in [3.8, 4) is 0 Å². The molecule has 1 aliphatic heterocycles. The first-order valence-electron chi connectivity index (χ1n) is 8.83. The number of rotatable bonds is 5. The van der Waals surface area contributed by atoms with Crippen LogP contribution in [0.4, 0.5) is 5.13 Å². The fourth-order valence-electron chi connectivity index (χ4n) is 3.22. The first kappa shape index (κ1) is 18.6. The number of nitrogens with one attached hydrogen (secondary N) is 2. The molecule has 2 N–H and O–H groups in total. The van der Waals surface area contributed by atoms with Crippen LogP contribution in [-0.2, 0) is 17.7 Å². The summed E-state index contributed by atoms with van der Waals surface area (Å²) >= 11 is 1.52. The van der Waals surface area contributed by atoms with Crippen LogP contribution in [-0.4, -0.2) is 46.4 Å². The van der Waals surface area contributed by atoms with Crippen molar-refractivity contribution in [2.45, 2.75) is 40.7 Å². The fourth-order valence-corrected chi connectivity index (χ4v) is 4.26. The first-order valence-corrected chi connectivity index (χ1v) is 9.64. The minimum atomic E-state index is -0.415. The highest BCUT2D eigenvalue weighted by molar-refractivity contribution is 7.15. The number of hydrogen-bond donors (Lipinski definition) is 2. The second kappa shape index (κ2) is 7.59. The molecule has 0 radical (unpaired) electrons. The number of ether oxygens (including phenoxy) is 1. The van der Waals surface area contributed by atoms with Crippen molar-refractivity contribution in [1.29, 1.82) is 0 Å². The van der Waals surface area contributed by atoms with Crippen LogP contribution in [0.2, 0.25) is 0 Å². The number of carbonyl (C=O) groups is 2. The summed E-state index contributed by atoms with van der Waals surface area (Å²) in [5, 5.41) is 3.47.